The molecule has 1 aliphatic rings. The standard InChI is InChI=1S/C20H33N3O4.HI/c1-4-21-20(23-13-16(7-9-24)11-15(2)3)22-8-10-25-17-5-6-18-19(12-17)27-14-26-18;/h5-6,12,15-16,24H,4,7-11,13-14H2,1-3H3,(H2,21,22,23);1H. The number of rotatable bonds is 11. The van der Waals surface area contributed by atoms with Crippen molar-refractivity contribution in [3.8, 4) is 17.2 Å². The molecule has 0 spiro atoms. The first-order valence-corrected chi connectivity index (χ1v) is 9.77. The number of halogens is 1. The van der Waals surface area contributed by atoms with Gasteiger partial charge in [0.25, 0.3) is 0 Å². The van der Waals surface area contributed by atoms with Gasteiger partial charge in [0, 0.05) is 25.8 Å². The summed E-state index contributed by atoms with van der Waals surface area (Å²) in [5.74, 6) is 4.00. The summed E-state index contributed by atoms with van der Waals surface area (Å²) in [5, 5.41) is 15.8. The zero-order valence-corrected chi connectivity index (χ0v) is 19.4. The van der Waals surface area contributed by atoms with Crippen molar-refractivity contribution in [1.82, 2.24) is 10.6 Å². The number of hydrogen-bond acceptors (Lipinski definition) is 5. The Morgan fingerprint density at radius 1 is 1.25 bits per heavy atom. The number of ether oxygens (including phenoxy) is 3. The minimum Gasteiger partial charge on any atom is -0.492 e. The number of aliphatic imine (C=N–C) groups is 1. The first-order chi connectivity index (χ1) is 13.1. The molecule has 0 aliphatic carbocycles. The molecule has 0 aromatic heterocycles. The van der Waals surface area contributed by atoms with Gasteiger partial charge in [0.2, 0.25) is 6.79 Å². The van der Waals surface area contributed by atoms with E-state index in [9.17, 15) is 5.11 Å². The zero-order valence-electron chi connectivity index (χ0n) is 17.1. The fourth-order valence-corrected chi connectivity index (χ4v) is 3.00. The van der Waals surface area contributed by atoms with Gasteiger partial charge >= 0.3 is 0 Å². The second kappa shape index (κ2) is 13.7. The lowest BCUT2D eigenvalue weighted by Crippen LogP contribution is -2.39. The molecule has 3 N–H and O–H groups in total. The lowest BCUT2D eigenvalue weighted by Gasteiger charge is -2.17. The Kier molecular flexibility index (Phi) is 12.1. The summed E-state index contributed by atoms with van der Waals surface area (Å²) in [4.78, 5) is 4.67. The van der Waals surface area contributed by atoms with Gasteiger partial charge in [-0.2, -0.15) is 0 Å². The van der Waals surface area contributed by atoms with Crippen molar-refractivity contribution in [3.63, 3.8) is 0 Å². The summed E-state index contributed by atoms with van der Waals surface area (Å²) in [5.41, 5.74) is 0. The van der Waals surface area contributed by atoms with Gasteiger partial charge in [-0.3, -0.25) is 4.99 Å². The number of fused-ring (bicyclic) bond motifs is 1. The third kappa shape index (κ3) is 8.72. The number of guanidine groups is 1. The number of aliphatic hydroxyl groups is 1. The summed E-state index contributed by atoms with van der Waals surface area (Å²) >= 11 is 0. The highest BCUT2D eigenvalue weighted by atomic mass is 127. The van der Waals surface area contributed by atoms with Crippen molar-refractivity contribution in [2.24, 2.45) is 16.8 Å². The highest BCUT2D eigenvalue weighted by Gasteiger charge is 2.14. The zero-order chi connectivity index (χ0) is 19.5. The van der Waals surface area contributed by atoms with Crippen molar-refractivity contribution < 1.29 is 19.3 Å². The Balaban J connectivity index is 0.00000392. The topological polar surface area (TPSA) is 84.3 Å². The first-order valence-electron chi connectivity index (χ1n) is 9.77. The second-order valence-corrected chi connectivity index (χ2v) is 7.02. The normalized spacial score (nSPS) is 13.8. The van der Waals surface area contributed by atoms with Crippen LogP contribution in [0.15, 0.2) is 23.2 Å². The molecule has 0 amide bonds. The molecular weight excluding hydrogens is 473 g/mol. The first kappa shape index (κ1) is 24.6. The fraction of sp³-hybridized carbons (Fsp3) is 0.650. The summed E-state index contributed by atoms with van der Waals surface area (Å²) in [6, 6.07) is 5.57. The van der Waals surface area contributed by atoms with E-state index in [0.29, 0.717) is 31.5 Å². The molecule has 0 saturated heterocycles. The molecule has 2 rings (SSSR count). The number of hydrogen-bond donors (Lipinski definition) is 3. The fourth-order valence-electron chi connectivity index (χ4n) is 3.00. The Bertz CT molecular complexity index is 599. The van der Waals surface area contributed by atoms with E-state index in [4.69, 9.17) is 14.2 Å². The van der Waals surface area contributed by atoms with Crippen molar-refractivity contribution >= 4 is 29.9 Å². The van der Waals surface area contributed by atoms with E-state index in [1.54, 1.807) is 0 Å². The smallest absolute Gasteiger partial charge is 0.231 e. The Morgan fingerprint density at radius 2 is 2.04 bits per heavy atom. The third-order valence-electron chi connectivity index (χ3n) is 4.20. The van der Waals surface area contributed by atoms with Crippen LogP contribution < -0.4 is 24.8 Å². The van der Waals surface area contributed by atoms with Gasteiger partial charge in [-0.05, 0) is 43.7 Å². The largest absolute Gasteiger partial charge is 0.492 e. The molecule has 0 fully saturated rings. The Hall–Kier alpha value is -1.42. The molecule has 0 saturated carbocycles. The van der Waals surface area contributed by atoms with Crippen LogP contribution in [0.1, 0.15) is 33.6 Å². The van der Waals surface area contributed by atoms with E-state index in [-0.39, 0.29) is 37.4 Å². The average Bonchev–Trinajstić information content (AvgIpc) is 3.10. The summed E-state index contributed by atoms with van der Waals surface area (Å²) in [6.45, 7) is 9.55. The minimum atomic E-state index is 0. The monoisotopic (exact) mass is 507 g/mol. The molecule has 1 heterocycles. The lowest BCUT2D eigenvalue weighted by molar-refractivity contribution is 0.173. The van der Waals surface area contributed by atoms with Gasteiger partial charge in [-0.1, -0.05) is 13.8 Å². The molecule has 1 aliphatic heterocycles. The summed E-state index contributed by atoms with van der Waals surface area (Å²) in [6.07, 6.45) is 1.85. The van der Waals surface area contributed by atoms with Crippen LogP contribution in [-0.2, 0) is 0 Å². The van der Waals surface area contributed by atoms with E-state index in [0.717, 1.165) is 42.6 Å². The molecule has 8 heteroatoms. The maximum absolute atomic E-state index is 9.25. The summed E-state index contributed by atoms with van der Waals surface area (Å²) < 4.78 is 16.4. The van der Waals surface area contributed by atoms with Gasteiger partial charge in [0.15, 0.2) is 17.5 Å². The van der Waals surface area contributed by atoms with Gasteiger partial charge in [-0.25, -0.2) is 0 Å². The molecule has 0 radical (unpaired) electrons. The van der Waals surface area contributed by atoms with Crippen molar-refractivity contribution in [2.45, 2.75) is 33.6 Å². The van der Waals surface area contributed by atoms with Gasteiger partial charge in [0.1, 0.15) is 12.4 Å². The van der Waals surface area contributed by atoms with Crippen molar-refractivity contribution in [1.29, 1.82) is 0 Å². The molecular formula is C20H34IN3O4. The molecule has 28 heavy (non-hydrogen) atoms. The van der Waals surface area contributed by atoms with Crippen LogP contribution in [0.4, 0.5) is 0 Å². The highest BCUT2D eigenvalue weighted by Crippen LogP contribution is 2.34. The van der Waals surface area contributed by atoms with Crippen LogP contribution in [0.5, 0.6) is 17.2 Å². The third-order valence-corrected chi connectivity index (χ3v) is 4.20. The van der Waals surface area contributed by atoms with Crippen LogP contribution >= 0.6 is 24.0 Å². The molecule has 1 aromatic carbocycles. The molecule has 1 aromatic rings. The SMILES string of the molecule is CCNC(=NCC(CCO)CC(C)C)NCCOc1ccc2c(c1)OCO2.I. The second-order valence-electron chi connectivity index (χ2n) is 7.02. The van der Waals surface area contributed by atoms with Gasteiger partial charge in [0.05, 0.1) is 6.54 Å². The van der Waals surface area contributed by atoms with E-state index in [1.807, 2.05) is 25.1 Å². The molecule has 0 bridgehead atoms. The van der Waals surface area contributed by atoms with Crippen LogP contribution in [0, 0.1) is 11.8 Å². The molecule has 1 unspecified atom stereocenters. The number of aliphatic hydroxyl groups excluding tert-OH is 1. The maximum atomic E-state index is 9.25. The number of nitrogens with one attached hydrogen (secondary N) is 2. The quantitative estimate of drug-likeness (QED) is 0.185. The van der Waals surface area contributed by atoms with Crippen LogP contribution in [0.3, 0.4) is 0 Å². The predicted molar refractivity (Wildman–Crippen MR) is 122 cm³/mol. The van der Waals surface area contributed by atoms with Gasteiger partial charge < -0.3 is 30.0 Å². The van der Waals surface area contributed by atoms with Crippen LogP contribution in [-0.4, -0.2) is 50.7 Å². The van der Waals surface area contributed by atoms with E-state index >= 15 is 0 Å². The lowest BCUT2D eigenvalue weighted by atomic mass is 9.94. The minimum absolute atomic E-state index is 0. The number of nitrogens with zero attached hydrogens (tertiary/aromatic N) is 1. The Labute approximate surface area is 185 Å². The summed E-state index contributed by atoms with van der Waals surface area (Å²) in [7, 11) is 0. The Morgan fingerprint density at radius 3 is 2.75 bits per heavy atom. The van der Waals surface area contributed by atoms with Crippen molar-refractivity contribution in [3.05, 3.63) is 18.2 Å². The van der Waals surface area contributed by atoms with Crippen molar-refractivity contribution in [2.75, 3.05) is 39.6 Å². The van der Waals surface area contributed by atoms with Crippen LogP contribution in [0.25, 0.3) is 0 Å². The highest BCUT2D eigenvalue weighted by molar-refractivity contribution is 14.0. The maximum Gasteiger partial charge on any atom is 0.231 e. The number of benzene rings is 1. The van der Waals surface area contributed by atoms with E-state index in [2.05, 4.69) is 29.5 Å². The van der Waals surface area contributed by atoms with Crippen LogP contribution in [0.2, 0.25) is 0 Å². The van der Waals surface area contributed by atoms with Gasteiger partial charge in [-0.15, -0.1) is 24.0 Å². The van der Waals surface area contributed by atoms with E-state index < -0.39 is 0 Å². The predicted octanol–water partition coefficient (Wildman–Crippen LogP) is 3.01. The molecule has 1 atom stereocenters. The van der Waals surface area contributed by atoms with E-state index in [1.165, 1.54) is 0 Å². The average molecular weight is 507 g/mol. The molecule has 7 nitrogen and oxygen atoms in total. The molecule has 160 valence electrons.